The second-order valence-corrected chi connectivity index (χ2v) is 47.8. The minimum atomic E-state index is -0.455. The molecule has 0 amide bonds. The smallest absolute Gasteiger partial charge is 0.159 e. The number of hydrogen-bond donors (Lipinski definition) is 4. The third-order valence-corrected chi connectivity index (χ3v) is 40.9. The van der Waals surface area contributed by atoms with Crippen LogP contribution in [-0.4, -0.2) is 141 Å². The van der Waals surface area contributed by atoms with Gasteiger partial charge in [-0.25, -0.2) is 9.36 Å². The highest BCUT2D eigenvalue weighted by Crippen LogP contribution is 2.70. The molecule has 8 aromatic rings. The van der Waals surface area contributed by atoms with Crippen LogP contribution in [0.15, 0.2) is 80.0 Å². The fourth-order valence-electron chi connectivity index (χ4n) is 35.2. The van der Waals surface area contributed by atoms with Crippen molar-refractivity contribution < 1.29 is 39.6 Å². The number of hydrogen-bond acceptors (Lipinski definition) is 19. The van der Waals surface area contributed by atoms with Crippen LogP contribution in [0.4, 0.5) is 0 Å². The second kappa shape index (κ2) is 33.5. The lowest BCUT2D eigenvalue weighted by atomic mass is 9.49. The van der Waals surface area contributed by atoms with Gasteiger partial charge in [-0.2, -0.15) is 20.1 Å². The summed E-state index contributed by atoms with van der Waals surface area (Å²) in [7, 11) is 0. The summed E-state index contributed by atoms with van der Waals surface area (Å²) in [4.78, 5) is 72.2. The highest BCUT2D eigenvalue weighted by atomic mass is 16.3. The Bertz CT molecular complexity index is 5030. The van der Waals surface area contributed by atoms with Gasteiger partial charge in [-0.1, -0.05) is 38.1 Å². The molecule has 128 heavy (non-hydrogen) atoms. The van der Waals surface area contributed by atoms with Gasteiger partial charge in [-0.3, -0.25) is 43.8 Å². The number of carbonyl (C=O) groups excluding carboxylic acids is 4. The van der Waals surface area contributed by atoms with Gasteiger partial charge < -0.3 is 20.4 Å². The molecule has 688 valence electrons. The van der Waals surface area contributed by atoms with Gasteiger partial charge in [-0.05, 0) is 423 Å². The summed E-state index contributed by atoms with van der Waals surface area (Å²) in [6.45, 7) is 19.1. The molecule has 23 nitrogen and oxygen atoms in total. The highest BCUT2D eigenvalue weighted by molar-refractivity contribution is 5.86. The molecule has 16 fully saturated rings. The van der Waals surface area contributed by atoms with E-state index in [1.807, 2.05) is 62.8 Å². The van der Waals surface area contributed by atoms with Gasteiger partial charge in [-0.15, -0.1) is 10.2 Å². The number of carbonyl (C=O) groups is 4. The third-order valence-electron chi connectivity index (χ3n) is 40.9. The predicted octanol–water partition coefficient (Wildman–Crippen LogP) is 18.3. The lowest BCUT2D eigenvalue weighted by Gasteiger charge is -2.56. The molecule has 32 atom stereocenters. The fourth-order valence-corrected chi connectivity index (χ4v) is 35.2. The van der Waals surface area contributed by atoms with E-state index in [0.29, 0.717) is 90.1 Å². The Morgan fingerprint density at radius 2 is 0.648 bits per heavy atom. The van der Waals surface area contributed by atoms with Crippen LogP contribution >= 0.6 is 0 Å². The van der Waals surface area contributed by atoms with Crippen LogP contribution in [0.3, 0.4) is 0 Å². The monoisotopic (exact) mass is 1740 g/mol. The zero-order chi connectivity index (χ0) is 88.3. The van der Waals surface area contributed by atoms with Gasteiger partial charge in [0.05, 0.1) is 59.3 Å². The number of nitrogens with zero attached hydrogens (tertiary/aromatic N) is 15. The van der Waals surface area contributed by atoms with Crippen molar-refractivity contribution in [2.24, 2.45) is 164 Å². The molecule has 16 aliphatic carbocycles. The number of ketones is 4. The molecule has 16 aliphatic rings. The molecule has 8 aromatic heterocycles. The van der Waals surface area contributed by atoms with Crippen LogP contribution in [0, 0.1) is 164 Å². The molecular formula is C105H145N15O8. The van der Waals surface area contributed by atoms with E-state index in [0.717, 1.165) is 192 Å². The number of Topliss-reactive ketones (excluding diaryl/α,β-unsaturated/α-hetero) is 4. The molecule has 0 aliphatic heterocycles. The van der Waals surface area contributed by atoms with Crippen LogP contribution in [0.2, 0.25) is 0 Å². The van der Waals surface area contributed by atoms with Crippen LogP contribution < -0.4 is 0 Å². The third kappa shape index (κ3) is 15.8. The lowest BCUT2D eigenvalue weighted by molar-refractivity contribution is -0.133. The van der Waals surface area contributed by atoms with E-state index in [1.54, 1.807) is 63.7 Å². The number of pyridine rings is 4. The van der Waals surface area contributed by atoms with Gasteiger partial charge in [0.2, 0.25) is 0 Å². The van der Waals surface area contributed by atoms with E-state index in [1.165, 1.54) is 154 Å². The largest absolute Gasteiger partial charge is 0.390 e. The van der Waals surface area contributed by atoms with Gasteiger partial charge in [0, 0.05) is 60.0 Å². The van der Waals surface area contributed by atoms with Crippen molar-refractivity contribution in [1.29, 1.82) is 0 Å². The van der Waals surface area contributed by atoms with Crippen molar-refractivity contribution in [2.75, 3.05) is 0 Å². The summed E-state index contributed by atoms with van der Waals surface area (Å²) >= 11 is 0. The topological polar surface area (TPSA) is 311 Å². The molecular weight excluding hydrogens is 1600 g/mol. The Morgan fingerprint density at radius 1 is 0.312 bits per heavy atom. The standard InChI is InChI=1S/C27H37N3O2.3C26H36N4O2/c1-26(32)10-7-19-17(13-26)3-4-21-20(19)8-11-27(2)22(21)5-6-23(27)25(31)16-30-15-18-9-12-28-14-24(18)29-30;1-25(32)10-7-17-16(13-25)3-4-19-18(17)8-11-26(2)20(19)5-6-21(26)24(31)15-30-23-9-12-27-14-22(23)28-29-30;1-25(32)10-7-17-16(13-25)3-4-19-18(17)8-11-26(2)20(19)5-6-21(26)24(31)15-30-23-14-27-12-9-22(23)28-29-30;1-25(32)10-7-17-16(13-25)3-4-19-18(17)8-11-26(2)20(19)5-6-21(26)24(31)15-30-28-22-9-12-27-14-23(22)29-30/h9,12,14-15,17,19-23,32H,3-8,10-11,13,16H2,1-2H3;3*9,12,14,16-21,32H,3-8,10-11,13,15H2,1-2H3/t17-,19-,20+,21+,22-,23+,26+,27-;3*16-,17-,18+,19+,20-,21+,25+,26-/m0000/s1. The van der Waals surface area contributed by atoms with E-state index in [2.05, 4.69) is 83.6 Å². The summed E-state index contributed by atoms with van der Waals surface area (Å²) in [5.41, 5.74) is 4.41. The summed E-state index contributed by atoms with van der Waals surface area (Å²) < 4.78 is 5.34. The lowest BCUT2D eigenvalue weighted by Crippen LogP contribution is -2.51. The Hall–Kier alpha value is -7.21. The molecule has 0 spiro atoms. The van der Waals surface area contributed by atoms with E-state index >= 15 is 0 Å². The Kier molecular flexibility index (Phi) is 22.9. The molecule has 0 aromatic carbocycles. The molecule has 0 radical (unpaired) electrons. The van der Waals surface area contributed by atoms with Gasteiger partial charge in [0.1, 0.15) is 52.7 Å². The van der Waals surface area contributed by atoms with Crippen molar-refractivity contribution in [2.45, 2.75) is 335 Å². The first-order valence-electron chi connectivity index (χ1n) is 51.1. The van der Waals surface area contributed by atoms with E-state index in [-0.39, 0.29) is 51.9 Å². The predicted molar refractivity (Wildman–Crippen MR) is 488 cm³/mol. The summed E-state index contributed by atoms with van der Waals surface area (Å²) in [5, 5.41) is 73.9. The van der Waals surface area contributed by atoms with Crippen molar-refractivity contribution in [3.63, 3.8) is 0 Å². The first kappa shape index (κ1) is 87.4. The highest BCUT2D eigenvalue weighted by Gasteiger charge is 2.64. The maximum atomic E-state index is 13.5. The minimum Gasteiger partial charge on any atom is -0.390 e. The number of rotatable bonds is 12. The molecule has 8 heterocycles. The van der Waals surface area contributed by atoms with Gasteiger partial charge in [0.15, 0.2) is 23.1 Å². The second-order valence-electron chi connectivity index (χ2n) is 47.8. The molecule has 24 rings (SSSR count). The average molecular weight is 1750 g/mol. The first-order chi connectivity index (χ1) is 61.4. The summed E-state index contributed by atoms with van der Waals surface area (Å²) in [6, 6.07) is 7.54. The quantitative estimate of drug-likeness (QED) is 0.0883. The van der Waals surface area contributed by atoms with Gasteiger partial charge in [0.25, 0.3) is 0 Å². The van der Waals surface area contributed by atoms with Crippen LogP contribution in [0.5, 0.6) is 0 Å². The minimum absolute atomic E-state index is 0.124. The summed E-state index contributed by atoms with van der Waals surface area (Å²) in [6.07, 6.45) is 57.5. The zero-order valence-corrected chi connectivity index (χ0v) is 77.8. The van der Waals surface area contributed by atoms with Gasteiger partial charge >= 0.3 is 0 Å². The number of aliphatic hydroxyl groups is 4. The first-order valence-corrected chi connectivity index (χ1v) is 51.1. The van der Waals surface area contributed by atoms with E-state index in [4.69, 9.17) is 0 Å². The molecule has 23 heteroatoms. The van der Waals surface area contributed by atoms with Crippen molar-refractivity contribution >= 4 is 67.1 Å². The van der Waals surface area contributed by atoms with Crippen LogP contribution in [-0.2, 0) is 45.4 Å². The van der Waals surface area contributed by atoms with Crippen molar-refractivity contribution in [3.05, 3.63) is 80.0 Å². The Labute approximate surface area is 756 Å². The molecule has 4 N–H and O–H groups in total. The Balaban J connectivity index is 0.000000104. The number of fused-ring (bicyclic) bond motifs is 24. The van der Waals surface area contributed by atoms with Crippen molar-refractivity contribution in [3.8, 4) is 0 Å². The SMILES string of the molecule is C[C@@]1(O)CC[C@H]2[C@@H](CC[C@@H]3[C@@H]2CC[C@]2(C)[C@@H](C(=O)Cn4cc5ccncc5n4)CC[C@@H]32)C1.C[C@@]1(O)CC[C@H]2[C@@H](CC[C@@H]3[C@@H]2CC[C@]2(C)[C@@H](C(=O)Cn4nc5ccncc5n4)CC[C@@H]32)C1.C[C@@]1(O)CC[C@H]2[C@@H](CC[C@@H]3[C@@H]2CC[C@]2(C)[C@@H](C(=O)Cn4nnc5ccncc54)CC[C@@H]32)C1.C[C@@]1(O)CC[C@H]2[C@@H](CC[C@@H]3[C@@H]2CC[C@]2(C)[C@@H](C(=O)Cn4nnc5cnccc54)CC[C@@H]32)C1. The zero-order valence-electron chi connectivity index (χ0n) is 77.8. The van der Waals surface area contributed by atoms with Crippen LogP contribution in [0.25, 0.3) is 44.0 Å². The molecule has 16 saturated carbocycles. The molecule has 0 saturated heterocycles. The maximum absolute atomic E-state index is 13.5. The molecule has 0 bridgehead atoms. The van der Waals surface area contributed by atoms with E-state index in [9.17, 15) is 39.6 Å². The van der Waals surface area contributed by atoms with Crippen LogP contribution in [0.1, 0.15) is 287 Å². The number of aromatic nitrogens is 15. The molecule has 0 unspecified atom stereocenters. The normalized spacial score (nSPS) is 43.5. The summed E-state index contributed by atoms with van der Waals surface area (Å²) in [5.74, 6) is 17.0. The maximum Gasteiger partial charge on any atom is 0.159 e. The van der Waals surface area contributed by atoms with Crippen molar-refractivity contribution in [1.82, 2.24) is 74.7 Å². The Morgan fingerprint density at radius 3 is 1.06 bits per heavy atom. The average Bonchev–Trinajstić information content (AvgIpc) is 1.50. The fraction of sp³-hybridized carbons (Fsp3) is 0.762. The van der Waals surface area contributed by atoms with E-state index < -0.39 is 22.4 Å².